The van der Waals surface area contributed by atoms with Crippen molar-refractivity contribution in [1.29, 1.82) is 0 Å². The van der Waals surface area contributed by atoms with Crippen LogP contribution in [0.15, 0.2) is 59.6 Å². The predicted octanol–water partition coefficient (Wildman–Crippen LogP) is 5.33. The molecule has 158 valence electrons. The van der Waals surface area contributed by atoms with Crippen LogP contribution in [-0.4, -0.2) is 30.2 Å². The summed E-state index contributed by atoms with van der Waals surface area (Å²) >= 11 is 0. The maximum atomic E-state index is 11.4. The van der Waals surface area contributed by atoms with Crippen LogP contribution in [0.4, 0.5) is 17.1 Å². The number of nitro benzene ring substituents is 1. The molecule has 3 aromatic rings. The van der Waals surface area contributed by atoms with Gasteiger partial charge in [0.15, 0.2) is 0 Å². The van der Waals surface area contributed by atoms with Gasteiger partial charge in [0.05, 0.1) is 16.9 Å². The molecule has 5 rings (SSSR count). The minimum absolute atomic E-state index is 0.0503. The Hall–Kier alpha value is -3.61. The van der Waals surface area contributed by atoms with E-state index in [1.165, 1.54) is 6.07 Å². The van der Waals surface area contributed by atoms with Gasteiger partial charge in [0.25, 0.3) is 17.3 Å². The number of aliphatic imine (C=N–C) groups is 1. The number of nitro groups is 1. The number of rotatable bonds is 2. The largest absolute Gasteiger partial charge is 0.477 e. The van der Waals surface area contributed by atoms with Crippen molar-refractivity contribution in [2.45, 2.75) is 31.9 Å². The number of hydrogen-bond donors (Lipinski definition) is 0. The van der Waals surface area contributed by atoms with Crippen LogP contribution >= 0.6 is 0 Å². The molecule has 1 atom stereocenters. The van der Waals surface area contributed by atoms with Gasteiger partial charge in [-0.3, -0.25) is 10.1 Å². The summed E-state index contributed by atoms with van der Waals surface area (Å²) in [6.07, 6.45) is 0. The van der Waals surface area contributed by atoms with Gasteiger partial charge in [-0.1, -0.05) is 30.3 Å². The van der Waals surface area contributed by atoms with Crippen molar-refractivity contribution in [3.05, 3.63) is 70.3 Å². The zero-order valence-corrected chi connectivity index (χ0v) is 17.9. The molecule has 3 aromatic carbocycles. The second-order valence-corrected chi connectivity index (χ2v) is 8.37. The smallest absolute Gasteiger partial charge is 0.269 e. The molecule has 2 aliphatic rings. The second kappa shape index (κ2) is 6.44. The molecule has 0 saturated heterocycles. The molecule has 7 heteroatoms. The SMILES string of the molecule is CCOC1=Nc2c(ccc3ccccc23)O[C@]12N(C)c1ccc([N+](=O)[O-])cc1C2(C)C. The van der Waals surface area contributed by atoms with Crippen LogP contribution in [0.1, 0.15) is 26.3 Å². The predicted molar refractivity (Wildman–Crippen MR) is 121 cm³/mol. The lowest BCUT2D eigenvalue weighted by atomic mass is 9.76. The zero-order valence-electron chi connectivity index (χ0n) is 17.9. The van der Waals surface area contributed by atoms with Crippen LogP contribution in [0.25, 0.3) is 10.8 Å². The Morgan fingerprint density at radius 3 is 2.68 bits per heavy atom. The van der Waals surface area contributed by atoms with Gasteiger partial charge in [-0.05, 0) is 43.9 Å². The van der Waals surface area contributed by atoms with E-state index in [0.29, 0.717) is 18.3 Å². The highest BCUT2D eigenvalue weighted by Gasteiger charge is 2.64. The fourth-order valence-corrected chi connectivity index (χ4v) is 4.89. The number of benzene rings is 3. The molecule has 1 spiro atoms. The average molecular weight is 417 g/mol. The van der Waals surface area contributed by atoms with Crippen LogP contribution in [0.2, 0.25) is 0 Å². The van der Waals surface area contributed by atoms with Gasteiger partial charge in [-0.15, -0.1) is 0 Å². The second-order valence-electron chi connectivity index (χ2n) is 8.37. The molecular formula is C24H23N3O4. The van der Waals surface area contributed by atoms with Crippen molar-refractivity contribution in [1.82, 2.24) is 0 Å². The van der Waals surface area contributed by atoms with E-state index in [4.69, 9.17) is 14.5 Å². The van der Waals surface area contributed by atoms with Crippen LogP contribution in [0, 0.1) is 10.1 Å². The summed E-state index contributed by atoms with van der Waals surface area (Å²) in [6, 6.07) is 16.9. The summed E-state index contributed by atoms with van der Waals surface area (Å²) in [5, 5.41) is 13.5. The highest BCUT2D eigenvalue weighted by molar-refractivity contribution is 6.04. The lowest BCUT2D eigenvalue weighted by Gasteiger charge is -2.47. The van der Waals surface area contributed by atoms with E-state index in [2.05, 4.69) is 0 Å². The normalized spacial score (nSPS) is 20.8. The first-order valence-electron chi connectivity index (χ1n) is 10.3. The Morgan fingerprint density at radius 1 is 1.16 bits per heavy atom. The Kier molecular flexibility index (Phi) is 4.02. The maximum Gasteiger partial charge on any atom is 0.269 e. The average Bonchev–Trinajstić information content (AvgIpc) is 2.92. The van der Waals surface area contributed by atoms with Gasteiger partial charge < -0.3 is 14.4 Å². The highest BCUT2D eigenvalue weighted by Crippen LogP contribution is 2.56. The fraction of sp³-hybridized carbons (Fsp3) is 0.292. The standard InChI is InChI=1S/C24H23N3O4/c1-5-30-22-24(31-20-13-10-15-8-6-7-9-17(15)21(20)25-22)23(2,3)18-14-16(27(28)29)11-12-19(18)26(24)4/h6-14H,5H2,1-4H3/t24-/m1/s1. The summed E-state index contributed by atoms with van der Waals surface area (Å²) in [5.41, 5.74) is 0.706. The van der Waals surface area contributed by atoms with E-state index in [1.807, 2.05) is 69.1 Å². The van der Waals surface area contributed by atoms with Gasteiger partial charge >= 0.3 is 0 Å². The van der Waals surface area contributed by atoms with Crippen molar-refractivity contribution in [3.8, 4) is 5.75 Å². The van der Waals surface area contributed by atoms with Gasteiger partial charge in [0, 0.05) is 30.3 Å². The number of hydrogen-bond acceptors (Lipinski definition) is 6. The lowest BCUT2D eigenvalue weighted by Crippen LogP contribution is -2.65. The molecule has 0 aromatic heterocycles. The monoisotopic (exact) mass is 417 g/mol. The molecule has 0 saturated carbocycles. The van der Waals surface area contributed by atoms with Crippen LogP contribution in [0.3, 0.4) is 0 Å². The van der Waals surface area contributed by atoms with E-state index in [9.17, 15) is 10.1 Å². The summed E-state index contributed by atoms with van der Waals surface area (Å²) in [7, 11) is 1.92. The van der Waals surface area contributed by atoms with Crippen molar-refractivity contribution in [2.24, 2.45) is 4.99 Å². The van der Waals surface area contributed by atoms with Crippen molar-refractivity contribution in [2.75, 3.05) is 18.6 Å². The third-order valence-corrected chi connectivity index (χ3v) is 6.45. The first kappa shape index (κ1) is 19.4. The van der Waals surface area contributed by atoms with Crippen LogP contribution in [0.5, 0.6) is 5.75 Å². The fourth-order valence-electron chi connectivity index (χ4n) is 4.89. The molecule has 0 aliphatic carbocycles. The van der Waals surface area contributed by atoms with Gasteiger partial charge in [0.2, 0.25) is 0 Å². The molecule has 31 heavy (non-hydrogen) atoms. The van der Waals surface area contributed by atoms with E-state index in [0.717, 1.165) is 27.7 Å². The summed E-state index contributed by atoms with van der Waals surface area (Å²) in [5.74, 6) is 1.11. The summed E-state index contributed by atoms with van der Waals surface area (Å²) in [6.45, 7) is 6.36. The number of fused-ring (bicyclic) bond motifs is 4. The highest BCUT2D eigenvalue weighted by atomic mass is 16.6. The van der Waals surface area contributed by atoms with Crippen molar-refractivity contribution >= 4 is 33.7 Å². The summed E-state index contributed by atoms with van der Waals surface area (Å²) < 4.78 is 12.9. The first-order chi connectivity index (χ1) is 14.8. The van der Waals surface area contributed by atoms with E-state index in [1.54, 1.807) is 12.1 Å². The third kappa shape index (κ3) is 2.43. The van der Waals surface area contributed by atoms with Gasteiger partial charge in [-0.25, -0.2) is 4.99 Å². The lowest BCUT2D eigenvalue weighted by molar-refractivity contribution is -0.384. The Labute approximate surface area is 180 Å². The van der Waals surface area contributed by atoms with Crippen LogP contribution in [-0.2, 0) is 10.2 Å². The van der Waals surface area contributed by atoms with Gasteiger partial charge in [0.1, 0.15) is 11.4 Å². The van der Waals surface area contributed by atoms with Gasteiger partial charge in [-0.2, -0.15) is 0 Å². The quantitative estimate of drug-likeness (QED) is 0.416. The zero-order chi connectivity index (χ0) is 22.0. The Balaban J connectivity index is 1.76. The molecule has 7 nitrogen and oxygen atoms in total. The molecule has 0 fully saturated rings. The molecule has 0 amide bonds. The minimum atomic E-state index is -1.07. The Morgan fingerprint density at radius 2 is 1.94 bits per heavy atom. The maximum absolute atomic E-state index is 11.4. The number of anilines is 1. The Bertz CT molecular complexity index is 1270. The minimum Gasteiger partial charge on any atom is -0.477 e. The van der Waals surface area contributed by atoms with Crippen LogP contribution < -0.4 is 9.64 Å². The molecular weight excluding hydrogens is 394 g/mol. The molecule has 0 radical (unpaired) electrons. The topological polar surface area (TPSA) is 77.2 Å². The molecule has 0 N–H and O–H groups in total. The molecule has 0 unspecified atom stereocenters. The van der Waals surface area contributed by atoms with E-state index in [-0.39, 0.29) is 10.6 Å². The van der Waals surface area contributed by atoms with E-state index < -0.39 is 11.1 Å². The molecule has 2 aliphatic heterocycles. The first-order valence-corrected chi connectivity index (χ1v) is 10.3. The number of nitrogens with zero attached hydrogens (tertiary/aromatic N) is 3. The molecule has 0 bridgehead atoms. The third-order valence-electron chi connectivity index (χ3n) is 6.45. The number of likely N-dealkylation sites (N-methyl/N-ethyl adjacent to an activating group) is 1. The van der Waals surface area contributed by atoms with Crippen molar-refractivity contribution < 1.29 is 14.4 Å². The number of ether oxygens (including phenoxy) is 2. The summed E-state index contributed by atoms with van der Waals surface area (Å²) in [4.78, 5) is 18.0. The van der Waals surface area contributed by atoms with E-state index >= 15 is 0 Å². The molecule has 2 heterocycles. The van der Waals surface area contributed by atoms with Crippen molar-refractivity contribution in [3.63, 3.8) is 0 Å². The number of non-ortho nitro benzene ring substituents is 1.